The van der Waals surface area contributed by atoms with Gasteiger partial charge < -0.3 is 5.32 Å². The van der Waals surface area contributed by atoms with Gasteiger partial charge in [-0.05, 0) is 45.8 Å². The molecule has 1 atom stereocenters. The van der Waals surface area contributed by atoms with Crippen LogP contribution in [-0.4, -0.2) is 64.3 Å². The minimum atomic E-state index is 0.0672. The molecule has 0 bridgehead atoms. The number of amides is 1. The van der Waals surface area contributed by atoms with Gasteiger partial charge >= 0.3 is 0 Å². The van der Waals surface area contributed by atoms with Gasteiger partial charge in [-0.1, -0.05) is 0 Å². The van der Waals surface area contributed by atoms with Crippen LogP contribution in [0.1, 0.15) is 25.0 Å². The zero-order valence-corrected chi connectivity index (χ0v) is 13.0. The molecule has 0 unspecified atom stereocenters. The Morgan fingerprint density at radius 3 is 2.95 bits per heavy atom. The summed E-state index contributed by atoms with van der Waals surface area (Å²) in [7, 11) is 1.87. The number of aryl methyl sites for hydroxylation is 2. The van der Waals surface area contributed by atoms with Crippen molar-refractivity contribution in [1.29, 1.82) is 0 Å². The topological polar surface area (TPSA) is 53.4 Å². The molecule has 3 rings (SSSR count). The molecule has 1 aromatic rings. The molecule has 2 aliphatic rings. The molecule has 116 valence electrons. The second-order valence-corrected chi connectivity index (χ2v) is 6.27. The van der Waals surface area contributed by atoms with Gasteiger partial charge in [0.25, 0.3) is 0 Å². The maximum atomic E-state index is 12.2. The fraction of sp³-hybridized carbons (Fsp3) is 0.733. The molecule has 3 heterocycles. The normalized spacial score (nSPS) is 23.8. The highest BCUT2D eigenvalue weighted by Gasteiger charge is 2.29. The summed E-state index contributed by atoms with van der Waals surface area (Å²) in [6, 6.07) is 0.653. The molecule has 6 heteroatoms. The van der Waals surface area contributed by atoms with Crippen molar-refractivity contribution in [3.8, 4) is 0 Å². The van der Waals surface area contributed by atoms with Crippen molar-refractivity contribution in [2.24, 2.45) is 7.05 Å². The first-order valence-corrected chi connectivity index (χ1v) is 7.88. The molecule has 6 nitrogen and oxygen atoms in total. The van der Waals surface area contributed by atoms with E-state index in [0.29, 0.717) is 12.6 Å². The summed E-state index contributed by atoms with van der Waals surface area (Å²) in [5.41, 5.74) is 1.68. The maximum absolute atomic E-state index is 12.2. The highest BCUT2D eigenvalue weighted by molar-refractivity contribution is 5.92. The van der Waals surface area contributed by atoms with Crippen LogP contribution < -0.4 is 5.32 Å². The molecule has 1 amide bonds. The van der Waals surface area contributed by atoms with Crippen LogP contribution in [0.5, 0.6) is 0 Å². The van der Waals surface area contributed by atoms with Crippen LogP contribution in [0.2, 0.25) is 0 Å². The van der Waals surface area contributed by atoms with Crippen LogP contribution in [0.4, 0.5) is 5.69 Å². The molecule has 1 aromatic heterocycles. The molecule has 0 spiro atoms. The lowest BCUT2D eigenvalue weighted by Gasteiger charge is -2.25. The molecule has 0 aromatic carbocycles. The van der Waals surface area contributed by atoms with E-state index in [2.05, 4.69) is 20.2 Å². The summed E-state index contributed by atoms with van der Waals surface area (Å²) >= 11 is 0. The van der Waals surface area contributed by atoms with E-state index in [1.54, 1.807) is 4.68 Å². The summed E-state index contributed by atoms with van der Waals surface area (Å²) in [6.07, 6.45) is 5.60. The fourth-order valence-corrected chi connectivity index (χ4v) is 3.54. The third kappa shape index (κ3) is 3.44. The number of carbonyl (C=O) groups excluding carboxylic acids is 1. The molecular formula is C15H25N5O. The number of aromatic nitrogens is 2. The molecule has 21 heavy (non-hydrogen) atoms. The van der Waals surface area contributed by atoms with Crippen molar-refractivity contribution >= 4 is 11.6 Å². The third-order valence-corrected chi connectivity index (χ3v) is 4.54. The first-order valence-electron chi connectivity index (χ1n) is 7.88. The molecule has 2 fully saturated rings. The minimum Gasteiger partial charge on any atom is -0.322 e. The highest BCUT2D eigenvalue weighted by Crippen LogP contribution is 2.21. The lowest BCUT2D eigenvalue weighted by molar-refractivity contribution is -0.117. The second kappa shape index (κ2) is 6.15. The molecule has 0 aliphatic carbocycles. The van der Waals surface area contributed by atoms with Crippen molar-refractivity contribution < 1.29 is 4.79 Å². The van der Waals surface area contributed by atoms with E-state index in [0.717, 1.165) is 30.9 Å². The Bertz CT molecular complexity index is 512. The molecule has 1 N–H and O–H groups in total. The van der Waals surface area contributed by atoms with Gasteiger partial charge in [0.05, 0.1) is 17.9 Å². The minimum absolute atomic E-state index is 0.0672. The van der Waals surface area contributed by atoms with Gasteiger partial charge in [0.2, 0.25) is 5.91 Å². The van der Waals surface area contributed by atoms with Crippen LogP contribution in [0.3, 0.4) is 0 Å². The summed E-state index contributed by atoms with van der Waals surface area (Å²) in [6.45, 7) is 6.87. The smallest absolute Gasteiger partial charge is 0.238 e. The van der Waals surface area contributed by atoms with Crippen molar-refractivity contribution in [1.82, 2.24) is 19.6 Å². The van der Waals surface area contributed by atoms with E-state index < -0.39 is 0 Å². The standard InChI is InChI=1S/C15H25N5O/c1-12-14(10-18(2)17-12)16-15(21)11-19-6-4-8-20-7-3-5-13(20)9-19/h10,13H,3-9,11H2,1-2H3,(H,16,21)/t13-/m0/s1. The van der Waals surface area contributed by atoms with Gasteiger partial charge in [-0.25, -0.2) is 0 Å². The monoisotopic (exact) mass is 291 g/mol. The molecule has 0 radical (unpaired) electrons. The SMILES string of the molecule is Cc1nn(C)cc1NC(=O)CN1CCCN2CCC[C@H]2C1. The van der Waals surface area contributed by atoms with Crippen LogP contribution >= 0.6 is 0 Å². The average molecular weight is 291 g/mol. The second-order valence-electron chi connectivity index (χ2n) is 6.27. The number of hydrogen-bond acceptors (Lipinski definition) is 4. The number of nitrogens with zero attached hydrogens (tertiary/aromatic N) is 4. The van der Waals surface area contributed by atoms with E-state index in [1.807, 2.05) is 20.2 Å². The van der Waals surface area contributed by atoms with Crippen LogP contribution in [0.25, 0.3) is 0 Å². The molecular weight excluding hydrogens is 266 g/mol. The van der Waals surface area contributed by atoms with E-state index >= 15 is 0 Å². The van der Waals surface area contributed by atoms with Gasteiger partial charge in [-0.3, -0.25) is 19.3 Å². The number of nitrogens with one attached hydrogen (secondary N) is 1. The number of carbonyl (C=O) groups is 1. The predicted octanol–water partition coefficient (Wildman–Crippen LogP) is 0.837. The lowest BCUT2D eigenvalue weighted by Crippen LogP contribution is -2.40. The van der Waals surface area contributed by atoms with Crippen molar-refractivity contribution in [2.45, 2.75) is 32.2 Å². The maximum Gasteiger partial charge on any atom is 0.238 e. The zero-order valence-electron chi connectivity index (χ0n) is 13.0. The van der Waals surface area contributed by atoms with Crippen molar-refractivity contribution in [2.75, 3.05) is 38.0 Å². The van der Waals surface area contributed by atoms with Gasteiger partial charge in [0.1, 0.15) is 0 Å². The Kier molecular flexibility index (Phi) is 4.26. The van der Waals surface area contributed by atoms with Gasteiger partial charge in [0.15, 0.2) is 0 Å². The van der Waals surface area contributed by atoms with Gasteiger partial charge in [0, 0.05) is 25.8 Å². The predicted molar refractivity (Wildman–Crippen MR) is 82.2 cm³/mol. The average Bonchev–Trinajstić information content (AvgIpc) is 2.91. The summed E-state index contributed by atoms with van der Waals surface area (Å²) in [4.78, 5) is 17.1. The summed E-state index contributed by atoms with van der Waals surface area (Å²) in [5, 5.41) is 7.23. The molecule has 2 aliphatic heterocycles. The quantitative estimate of drug-likeness (QED) is 0.896. The number of fused-ring (bicyclic) bond motifs is 1. The van der Waals surface area contributed by atoms with Crippen molar-refractivity contribution in [3.63, 3.8) is 0 Å². The van der Waals surface area contributed by atoms with Gasteiger partial charge in [-0.2, -0.15) is 5.10 Å². The van der Waals surface area contributed by atoms with Crippen LogP contribution in [-0.2, 0) is 11.8 Å². The summed E-state index contributed by atoms with van der Waals surface area (Å²) in [5.74, 6) is 0.0672. The van der Waals surface area contributed by atoms with Crippen molar-refractivity contribution in [3.05, 3.63) is 11.9 Å². The van der Waals surface area contributed by atoms with Gasteiger partial charge in [-0.15, -0.1) is 0 Å². The van der Waals surface area contributed by atoms with E-state index in [9.17, 15) is 4.79 Å². The Labute approximate surface area is 126 Å². The Morgan fingerprint density at radius 1 is 1.38 bits per heavy atom. The van der Waals surface area contributed by atoms with E-state index in [4.69, 9.17) is 0 Å². The summed E-state index contributed by atoms with van der Waals surface area (Å²) < 4.78 is 1.73. The Hall–Kier alpha value is -1.40. The first kappa shape index (κ1) is 14.5. The fourth-order valence-electron chi connectivity index (χ4n) is 3.54. The number of anilines is 1. The third-order valence-electron chi connectivity index (χ3n) is 4.54. The lowest BCUT2D eigenvalue weighted by atomic mass is 10.2. The molecule has 0 saturated carbocycles. The van der Waals surface area contributed by atoms with E-state index in [-0.39, 0.29) is 5.91 Å². The Morgan fingerprint density at radius 2 is 2.19 bits per heavy atom. The zero-order chi connectivity index (χ0) is 14.8. The largest absolute Gasteiger partial charge is 0.322 e. The molecule has 2 saturated heterocycles. The highest BCUT2D eigenvalue weighted by atomic mass is 16.2. The van der Waals surface area contributed by atoms with Crippen LogP contribution in [0, 0.1) is 6.92 Å². The Balaban J connectivity index is 1.55. The van der Waals surface area contributed by atoms with Crippen LogP contribution in [0.15, 0.2) is 6.20 Å². The first-order chi connectivity index (χ1) is 10.1. The number of hydrogen-bond donors (Lipinski definition) is 1. The van der Waals surface area contributed by atoms with E-state index in [1.165, 1.54) is 25.9 Å². The number of rotatable bonds is 3.